The highest BCUT2D eigenvalue weighted by Crippen LogP contribution is 2.12. The van der Waals surface area contributed by atoms with E-state index >= 15 is 0 Å². The van der Waals surface area contributed by atoms with Crippen molar-refractivity contribution in [2.45, 2.75) is 18.5 Å². The lowest BCUT2D eigenvalue weighted by molar-refractivity contribution is 0.185. The Hall–Kier alpha value is -0.650. The smallest absolute Gasteiger partial charge is 0.187 e. The Morgan fingerprint density at radius 1 is 1.59 bits per heavy atom. The highest BCUT2D eigenvalue weighted by atomic mass is 32.2. The summed E-state index contributed by atoms with van der Waals surface area (Å²) in [4.78, 5) is 8.57. The summed E-state index contributed by atoms with van der Waals surface area (Å²) in [6.07, 6.45) is 3.01. The first kappa shape index (κ1) is 12.8. The van der Waals surface area contributed by atoms with Crippen LogP contribution in [0.15, 0.2) is 17.4 Å². The van der Waals surface area contributed by atoms with Crippen LogP contribution in [0.3, 0.4) is 0 Å². The Bertz CT molecular complexity index is 342. The van der Waals surface area contributed by atoms with Gasteiger partial charge < -0.3 is 10.1 Å². The van der Waals surface area contributed by atoms with Crippen molar-refractivity contribution in [3.63, 3.8) is 0 Å². The fourth-order valence-corrected chi connectivity index (χ4v) is 2.53. The second-order valence-electron chi connectivity index (χ2n) is 4.26. The summed E-state index contributed by atoms with van der Waals surface area (Å²) in [5.41, 5.74) is 1.03. The predicted molar refractivity (Wildman–Crippen MR) is 69.3 cm³/mol. The molecule has 1 atom stereocenters. The zero-order valence-electron chi connectivity index (χ0n) is 10.2. The van der Waals surface area contributed by atoms with Crippen LogP contribution in [0.5, 0.6) is 0 Å². The minimum absolute atomic E-state index is 0.704. The second kappa shape index (κ2) is 6.93. The van der Waals surface area contributed by atoms with Crippen LogP contribution in [0, 0.1) is 12.8 Å². The van der Waals surface area contributed by atoms with Gasteiger partial charge in [-0.25, -0.2) is 9.97 Å². The van der Waals surface area contributed by atoms with Crippen LogP contribution < -0.4 is 5.32 Å². The first-order chi connectivity index (χ1) is 8.34. The first-order valence-electron chi connectivity index (χ1n) is 6.05. The summed E-state index contributed by atoms with van der Waals surface area (Å²) < 4.78 is 5.33. The molecule has 5 heteroatoms. The zero-order chi connectivity index (χ0) is 11.9. The number of rotatable bonds is 6. The largest absolute Gasteiger partial charge is 0.381 e. The maximum atomic E-state index is 5.33. The molecule has 2 heterocycles. The van der Waals surface area contributed by atoms with Gasteiger partial charge in [-0.1, -0.05) is 11.8 Å². The Labute approximate surface area is 107 Å². The normalized spacial score (nSPS) is 19.7. The third kappa shape index (κ3) is 4.61. The van der Waals surface area contributed by atoms with Crippen molar-refractivity contribution in [2.75, 3.05) is 32.1 Å². The average Bonchev–Trinajstić information content (AvgIpc) is 2.82. The van der Waals surface area contributed by atoms with Gasteiger partial charge in [-0.2, -0.15) is 0 Å². The fraction of sp³-hybridized carbons (Fsp3) is 0.667. The van der Waals surface area contributed by atoms with Crippen molar-refractivity contribution in [3.05, 3.63) is 18.0 Å². The Morgan fingerprint density at radius 3 is 3.29 bits per heavy atom. The van der Waals surface area contributed by atoms with Gasteiger partial charge in [-0.3, -0.25) is 0 Å². The van der Waals surface area contributed by atoms with Crippen LogP contribution in [0.25, 0.3) is 0 Å². The number of thioether (sulfide) groups is 1. The molecule has 94 valence electrons. The summed E-state index contributed by atoms with van der Waals surface area (Å²) in [6, 6.07) is 1.92. The number of aryl methyl sites for hydroxylation is 1. The van der Waals surface area contributed by atoms with E-state index in [1.54, 1.807) is 11.8 Å². The zero-order valence-corrected chi connectivity index (χ0v) is 11.0. The molecule has 0 amide bonds. The SMILES string of the molecule is Cc1ccnc(SCCNCC2CCOC2)n1. The molecule has 0 aromatic carbocycles. The molecule has 1 N–H and O–H groups in total. The van der Waals surface area contributed by atoms with Crippen LogP contribution >= 0.6 is 11.8 Å². The van der Waals surface area contributed by atoms with Crippen LogP contribution in [0.4, 0.5) is 0 Å². The van der Waals surface area contributed by atoms with Gasteiger partial charge >= 0.3 is 0 Å². The average molecular weight is 253 g/mol. The third-order valence-corrected chi connectivity index (χ3v) is 3.60. The summed E-state index contributed by atoms with van der Waals surface area (Å²) in [5, 5.41) is 4.33. The molecule has 1 fully saturated rings. The lowest BCUT2D eigenvalue weighted by atomic mass is 10.1. The Morgan fingerprint density at radius 2 is 2.53 bits per heavy atom. The van der Waals surface area contributed by atoms with Crippen molar-refractivity contribution < 1.29 is 4.74 Å². The van der Waals surface area contributed by atoms with Gasteiger partial charge in [0.25, 0.3) is 0 Å². The lowest BCUT2D eigenvalue weighted by Crippen LogP contribution is -2.25. The molecule has 1 aromatic heterocycles. The van der Waals surface area contributed by atoms with E-state index in [2.05, 4.69) is 15.3 Å². The highest BCUT2D eigenvalue weighted by Gasteiger charge is 2.14. The molecule has 4 nitrogen and oxygen atoms in total. The minimum atomic E-state index is 0.704. The molecule has 2 rings (SSSR count). The molecule has 1 unspecified atom stereocenters. The third-order valence-electron chi connectivity index (χ3n) is 2.74. The molecule has 0 bridgehead atoms. The van der Waals surface area contributed by atoms with Gasteiger partial charge in [0.05, 0.1) is 6.61 Å². The summed E-state index contributed by atoms with van der Waals surface area (Å²) in [7, 11) is 0. The van der Waals surface area contributed by atoms with E-state index in [-0.39, 0.29) is 0 Å². The molecule has 1 aromatic rings. The lowest BCUT2D eigenvalue weighted by Gasteiger charge is -2.08. The van der Waals surface area contributed by atoms with E-state index in [4.69, 9.17) is 4.74 Å². The quantitative estimate of drug-likeness (QED) is 0.473. The number of aromatic nitrogens is 2. The van der Waals surface area contributed by atoms with Crippen molar-refractivity contribution >= 4 is 11.8 Å². The maximum absolute atomic E-state index is 5.33. The van der Waals surface area contributed by atoms with Crippen LogP contribution in [-0.4, -0.2) is 42.0 Å². The Kier molecular flexibility index (Phi) is 5.22. The van der Waals surface area contributed by atoms with E-state index in [0.717, 1.165) is 42.9 Å². The molecule has 0 aliphatic carbocycles. The molecule has 1 aliphatic rings. The molecule has 1 aliphatic heterocycles. The minimum Gasteiger partial charge on any atom is -0.381 e. The molecule has 0 radical (unpaired) electrons. The number of hydrogen-bond acceptors (Lipinski definition) is 5. The van der Waals surface area contributed by atoms with E-state index in [1.807, 2.05) is 19.2 Å². The van der Waals surface area contributed by atoms with Crippen molar-refractivity contribution in [2.24, 2.45) is 5.92 Å². The van der Waals surface area contributed by atoms with Gasteiger partial charge in [0, 0.05) is 37.3 Å². The van der Waals surface area contributed by atoms with E-state index in [9.17, 15) is 0 Å². The fourth-order valence-electron chi connectivity index (χ4n) is 1.76. The van der Waals surface area contributed by atoms with E-state index in [0.29, 0.717) is 5.92 Å². The van der Waals surface area contributed by atoms with Gasteiger partial charge in [0.2, 0.25) is 0 Å². The Balaban J connectivity index is 1.56. The predicted octanol–water partition coefficient (Wildman–Crippen LogP) is 1.50. The summed E-state index contributed by atoms with van der Waals surface area (Å²) in [6.45, 7) is 5.90. The van der Waals surface area contributed by atoms with Crippen LogP contribution in [-0.2, 0) is 4.74 Å². The van der Waals surface area contributed by atoms with E-state index in [1.165, 1.54) is 6.42 Å². The summed E-state index contributed by atoms with van der Waals surface area (Å²) >= 11 is 1.70. The number of ether oxygens (including phenoxy) is 1. The molecule has 0 saturated carbocycles. The number of nitrogens with zero attached hydrogens (tertiary/aromatic N) is 2. The molecular weight excluding hydrogens is 234 g/mol. The van der Waals surface area contributed by atoms with Gasteiger partial charge in [-0.05, 0) is 25.3 Å². The van der Waals surface area contributed by atoms with Crippen molar-refractivity contribution in [1.29, 1.82) is 0 Å². The highest BCUT2D eigenvalue weighted by molar-refractivity contribution is 7.99. The van der Waals surface area contributed by atoms with Gasteiger partial charge in [0.1, 0.15) is 0 Å². The topological polar surface area (TPSA) is 47.0 Å². The summed E-state index contributed by atoms with van der Waals surface area (Å²) in [5.74, 6) is 1.71. The number of hydrogen-bond donors (Lipinski definition) is 1. The van der Waals surface area contributed by atoms with Gasteiger partial charge in [0.15, 0.2) is 5.16 Å². The monoisotopic (exact) mass is 253 g/mol. The van der Waals surface area contributed by atoms with E-state index < -0.39 is 0 Å². The maximum Gasteiger partial charge on any atom is 0.187 e. The second-order valence-corrected chi connectivity index (χ2v) is 5.32. The molecule has 1 saturated heterocycles. The molecule has 17 heavy (non-hydrogen) atoms. The molecular formula is C12H19N3OS. The van der Waals surface area contributed by atoms with Gasteiger partial charge in [-0.15, -0.1) is 0 Å². The van der Waals surface area contributed by atoms with Crippen LogP contribution in [0.1, 0.15) is 12.1 Å². The number of nitrogens with one attached hydrogen (secondary N) is 1. The van der Waals surface area contributed by atoms with Crippen molar-refractivity contribution in [3.8, 4) is 0 Å². The first-order valence-corrected chi connectivity index (χ1v) is 7.04. The standard InChI is InChI=1S/C12H19N3OS/c1-10-2-4-14-12(15-10)17-7-5-13-8-11-3-6-16-9-11/h2,4,11,13H,3,5-9H2,1H3. The van der Waals surface area contributed by atoms with Crippen molar-refractivity contribution in [1.82, 2.24) is 15.3 Å². The molecule has 0 spiro atoms. The van der Waals surface area contributed by atoms with Crippen LogP contribution in [0.2, 0.25) is 0 Å².